The standard InChI is InChI=1S/C27H30ClNO5/c1-17(2)15-20-11-10-19(12-14-25(30)33-4)29(20)23-13-9-18(28)16-22(23)26(31)21-7-6-8-24(32-3)27(21)34-5/h6-14,16-17,26,31H,15H2,1-5H3/b14-12+. The lowest BCUT2D eigenvalue weighted by atomic mass is 9.98. The van der Waals surface area contributed by atoms with Gasteiger partial charge >= 0.3 is 5.97 Å². The van der Waals surface area contributed by atoms with Crippen molar-refractivity contribution < 1.29 is 24.1 Å². The molecule has 0 aliphatic carbocycles. The van der Waals surface area contributed by atoms with E-state index in [1.807, 2.05) is 22.8 Å². The molecular weight excluding hydrogens is 454 g/mol. The van der Waals surface area contributed by atoms with E-state index < -0.39 is 12.1 Å². The van der Waals surface area contributed by atoms with Crippen LogP contribution in [0.25, 0.3) is 11.8 Å². The summed E-state index contributed by atoms with van der Waals surface area (Å²) in [5, 5.41) is 12.0. The van der Waals surface area contributed by atoms with E-state index in [0.29, 0.717) is 33.6 Å². The second-order valence-electron chi connectivity index (χ2n) is 8.23. The van der Waals surface area contributed by atoms with Crippen LogP contribution in [0.4, 0.5) is 0 Å². The molecule has 0 amide bonds. The number of aliphatic hydroxyl groups excluding tert-OH is 1. The van der Waals surface area contributed by atoms with Gasteiger partial charge in [0.05, 0.1) is 27.0 Å². The molecule has 0 spiro atoms. The van der Waals surface area contributed by atoms with Crippen LogP contribution in [0.15, 0.2) is 54.6 Å². The smallest absolute Gasteiger partial charge is 0.330 e. The van der Waals surface area contributed by atoms with Gasteiger partial charge in [0.25, 0.3) is 0 Å². The maximum atomic E-state index is 11.8. The van der Waals surface area contributed by atoms with Crippen molar-refractivity contribution in [2.75, 3.05) is 21.3 Å². The molecule has 1 unspecified atom stereocenters. The minimum atomic E-state index is -1.05. The van der Waals surface area contributed by atoms with Crippen LogP contribution < -0.4 is 9.47 Å². The van der Waals surface area contributed by atoms with Crippen molar-refractivity contribution in [1.29, 1.82) is 0 Å². The molecule has 0 saturated heterocycles. The summed E-state index contributed by atoms with van der Waals surface area (Å²) in [6.45, 7) is 4.28. The molecule has 6 nitrogen and oxygen atoms in total. The van der Waals surface area contributed by atoms with Gasteiger partial charge < -0.3 is 23.9 Å². The summed E-state index contributed by atoms with van der Waals surface area (Å²) in [5.41, 5.74) is 3.69. The highest BCUT2D eigenvalue weighted by Crippen LogP contribution is 2.40. The predicted molar refractivity (Wildman–Crippen MR) is 134 cm³/mol. The van der Waals surface area contributed by atoms with E-state index >= 15 is 0 Å². The Balaban J connectivity index is 2.23. The number of carbonyl (C=O) groups excluding carboxylic acids is 1. The van der Waals surface area contributed by atoms with E-state index in [2.05, 4.69) is 13.8 Å². The normalized spacial score (nSPS) is 12.2. The molecule has 3 rings (SSSR count). The van der Waals surface area contributed by atoms with Crippen LogP contribution in [0.5, 0.6) is 11.5 Å². The fourth-order valence-corrected chi connectivity index (χ4v) is 4.14. The van der Waals surface area contributed by atoms with Gasteiger partial charge in [0.15, 0.2) is 11.5 Å². The van der Waals surface area contributed by atoms with Crippen LogP contribution in [0.3, 0.4) is 0 Å². The van der Waals surface area contributed by atoms with Gasteiger partial charge in [-0.05, 0) is 54.8 Å². The van der Waals surface area contributed by atoms with Gasteiger partial charge in [-0.25, -0.2) is 4.79 Å². The molecule has 0 aliphatic rings. The third-order valence-corrected chi connectivity index (χ3v) is 5.69. The Morgan fingerprint density at radius 2 is 1.82 bits per heavy atom. The lowest BCUT2D eigenvalue weighted by Crippen LogP contribution is -2.12. The maximum Gasteiger partial charge on any atom is 0.330 e. The zero-order valence-electron chi connectivity index (χ0n) is 20.0. The van der Waals surface area contributed by atoms with Gasteiger partial charge in [0, 0.05) is 33.6 Å². The van der Waals surface area contributed by atoms with Crippen molar-refractivity contribution in [1.82, 2.24) is 4.57 Å². The molecule has 34 heavy (non-hydrogen) atoms. The predicted octanol–water partition coefficient (Wildman–Crippen LogP) is 5.61. The molecule has 3 aromatic rings. The number of ether oxygens (including phenoxy) is 3. The van der Waals surface area contributed by atoms with Crippen molar-refractivity contribution in [2.45, 2.75) is 26.4 Å². The Kier molecular flexibility index (Phi) is 8.42. The number of rotatable bonds is 9. The topological polar surface area (TPSA) is 69.9 Å². The van der Waals surface area contributed by atoms with Gasteiger partial charge in [-0.2, -0.15) is 0 Å². The molecular formula is C27H30ClNO5. The molecule has 2 aromatic carbocycles. The fourth-order valence-electron chi connectivity index (χ4n) is 3.96. The minimum Gasteiger partial charge on any atom is -0.493 e. The van der Waals surface area contributed by atoms with Gasteiger partial charge in [-0.1, -0.05) is 37.6 Å². The first-order chi connectivity index (χ1) is 16.3. The monoisotopic (exact) mass is 483 g/mol. The summed E-state index contributed by atoms with van der Waals surface area (Å²) in [7, 11) is 4.43. The molecule has 0 radical (unpaired) electrons. The molecule has 0 fully saturated rings. The van der Waals surface area contributed by atoms with E-state index in [9.17, 15) is 9.90 Å². The largest absolute Gasteiger partial charge is 0.493 e. The summed E-state index contributed by atoms with van der Waals surface area (Å²) < 4.78 is 17.8. The number of nitrogens with zero attached hydrogens (tertiary/aromatic N) is 1. The van der Waals surface area contributed by atoms with Crippen LogP contribution in [-0.4, -0.2) is 37.0 Å². The highest BCUT2D eigenvalue weighted by Gasteiger charge is 2.24. The van der Waals surface area contributed by atoms with E-state index in [-0.39, 0.29) is 0 Å². The number of aliphatic hydroxyl groups is 1. The molecule has 1 N–H and O–H groups in total. The Hall–Kier alpha value is -3.22. The van der Waals surface area contributed by atoms with Gasteiger partial charge in [-0.3, -0.25) is 0 Å². The van der Waals surface area contributed by atoms with E-state index in [1.165, 1.54) is 20.3 Å². The third kappa shape index (κ3) is 5.46. The Labute approximate surface area is 205 Å². The van der Waals surface area contributed by atoms with Crippen LogP contribution in [0.1, 0.15) is 42.5 Å². The Morgan fingerprint density at radius 3 is 2.47 bits per heavy atom. The van der Waals surface area contributed by atoms with Crippen LogP contribution in [-0.2, 0) is 16.0 Å². The number of benzene rings is 2. The van der Waals surface area contributed by atoms with Crippen LogP contribution in [0.2, 0.25) is 5.02 Å². The fraction of sp³-hybridized carbons (Fsp3) is 0.296. The number of hydrogen-bond acceptors (Lipinski definition) is 5. The quantitative estimate of drug-likeness (QED) is 0.316. The SMILES string of the molecule is COC(=O)/C=C/c1ccc(CC(C)C)n1-c1ccc(Cl)cc1C(O)c1cccc(OC)c1OC. The Bertz CT molecular complexity index is 1180. The molecule has 7 heteroatoms. The lowest BCUT2D eigenvalue weighted by molar-refractivity contribution is -0.134. The number of carbonyl (C=O) groups is 1. The zero-order valence-corrected chi connectivity index (χ0v) is 20.8. The molecule has 0 saturated carbocycles. The van der Waals surface area contributed by atoms with Crippen molar-refractivity contribution in [3.8, 4) is 17.2 Å². The molecule has 1 atom stereocenters. The van der Waals surface area contributed by atoms with Gasteiger partial charge in [-0.15, -0.1) is 0 Å². The Morgan fingerprint density at radius 1 is 1.06 bits per heavy atom. The third-order valence-electron chi connectivity index (χ3n) is 5.45. The molecule has 0 bridgehead atoms. The van der Waals surface area contributed by atoms with Crippen LogP contribution in [0, 0.1) is 5.92 Å². The first-order valence-electron chi connectivity index (χ1n) is 11.0. The van der Waals surface area contributed by atoms with Gasteiger partial charge in [0.2, 0.25) is 0 Å². The number of halogens is 1. The van der Waals surface area contributed by atoms with E-state index in [4.69, 9.17) is 25.8 Å². The molecule has 0 aliphatic heterocycles. The number of hydrogen-bond donors (Lipinski definition) is 1. The first kappa shape index (κ1) is 25.4. The summed E-state index contributed by atoms with van der Waals surface area (Å²) in [5.74, 6) is 0.913. The average Bonchev–Trinajstić information content (AvgIpc) is 3.22. The summed E-state index contributed by atoms with van der Waals surface area (Å²) in [4.78, 5) is 11.8. The minimum absolute atomic E-state index is 0.394. The van der Waals surface area contributed by atoms with Crippen molar-refractivity contribution in [3.05, 3.63) is 82.1 Å². The highest BCUT2D eigenvalue weighted by molar-refractivity contribution is 6.30. The summed E-state index contributed by atoms with van der Waals surface area (Å²) in [6, 6.07) is 14.7. The van der Waals surface area contributed by atoms with Crippen LogP contribution >= 0.6 is 11.6 Å². The summed E-state index contributed by atoms with van der Waals surface area (Å²) in [6.07, 6.45) is 2.83. The summed E-state index contributed by atoms with van der Waals surface area (Å²) >= 11 is 6.38. The van der Waals surface area contributed by atoms with Gasteiger partial charge in [0.1, 0.15) is 6.10 Å². The highest BCUT2D eigenvalue weighted by atomic mass is 35.5. The number of para-hydroxylation sites is 1. The van der Waals surface area contributed by atoms with Crippen molar-refractivity contribution >= 4 is 23.6 Å². The molecule has 180 valence electrons. The van der Waals surface area contributed by atoms with Crippen molar-refractivity contribution in [3.63, 3.8) is 0 Å². The lowest BCUT2D eigenvalue weighted by Gasteiger charge is -2.23. The second-order valence-corrected chi connectivity index (χ2v) is 8.66. The van der Waals surface area contributed by atoms with E-state index in [0.717, 1.165) is 23.5 Å². The van der Waals surface area contributed by atoms with E-state index in [1.54, 1.807) is 43.5 Å². The number of aromatic nitrogens is 1. The van der Waals surface area contributed by atoms with Crippen molar-refractivity contribution in [2.24, 2.45) is 5.92 Å². The molecule has 1 heterocycles. The zero-order chi connectivity index (χ0) is 24.8. The number of esters is 1. The molecule has 1 aromatic heterocycles. The average molecular weight is 484 g/mol. The first-order valence-corrected chi connectivity index (χ1v) is 11.3. The number of methoxy groups -OCH3 is 3. The maximum absolute atomic E-state index is 11.8. The second kappa shape index (κ2) is 11.3.